The van der Waals surface area contributed by atoms with Gasteiger partial charge in [-0.05, 0) is 99.5 Å². The van der Waals surface area contributed by atoms with E-state index in [4.69, 9.17) is 15.3 Å². The summed E-state index contributed by atoms with van der Waals surface area (Å²) in [7, 11) is 0. The highest BCUT2D eigenvalue weighted by Crippen LogP contribution is 2.27. The summed E-state index contributed by atoms with van der Waals surface area (Å²) in [5.41, 5.74) is 17.7. The molecule has 4 aromatic heterocycles. The number of aromatic amines is 2. The largest absolute Gasteiger partial charge is 0.373 e. The maximum Gasteiger partial charge on any atom is 0.373 e. The fourth-order valence-electron chi connectivity index (χ4n) is 7.51. The Kier molecular flexibility index (Phi) is 15.5. The van der Waals surface area contributed by atoms with Crippen molar-refractivity contribution in [2.45, 2.75) is 67.7 Å². The Bertz CT molecular complexity index is 2900. The molecular weight excluding hydrogens is 765 g/mol. The Balaban J connectivity index is 0.000000190. The Morgan fingerprint density at radius 1 is 0.623 bits per heavy atom. The summed E-state index contributed by atoms with van der Waals surface area (Å²) in [5.74, 6) is -0.171. The van der Waals surface area contributed by atoms with Crippen LogP contribution < -0.4 is 22.2 Å². The number of aryl methyl sites for hydroxylation is 5. The number of para-hydroxylation sites is 2. The van der Waals surface area contributed by atoms with Crippen molar-refractivity contribution in [1.82, 2.24) is 24.4 Å². The van der Waals surface area contributed by atoms with Crippen molar-refractivity contribution in [3.05, 3.63) is 210 Å². The topological polar surface area (TPSA) is 165 Å². The molecule has 0 aliphatic rings. The molecule has 4 aromatic carbocycles. The van der Waals surface area contributed by atoms with Gasteiger partial charge in [-0.25, -0.2) is 0 Å². The number of aromatic nitrogens is 4. The molecule has 0 saturated carbocycles. The van der Waals surface area contributed by atoms with E-state index in [0.717, 1.165) is 45.7 Å². The molecule has 0 aliphatic heterocycles. The fraction of sp³-hybridized carbons (Fsp3) is 0.200. The first-order valence-corrected chi connectivity index (χ1v) is 19.9. The van der Waals surface area contributed by atoms with Gasteiger partial charge in [0.05, 0.1) is 5.56 Å². The van der Waals surface area contributed by atoms with Crippen LogP contribution in [-0.2, 0) is 35.8 Å². The van der Waals surface area contributed by atoms with Crippen molar-refractivity contribution >= 4 is 33.9 Å². The van der Waals surface area contributed by atoms with Gasteiger partial charge in [-0.3, -0.25) is 14.4 Å². The van der Waals surface area contributed by atoms with Crippen LogP contribution in [0.2, 0.25) is 0 Å². The summed E-state index contributed by atoms with van der Waals surface area (Å²) >= 11 is 0. The number of amides is 1. The highest BCUT2D eigenvalue weighted by molar-refractivity contribution is 6.08. The molecule has 8 aromatic rings. The van der Waals surface area contributed by atoms with Gasteiger partial charge in [0.1, 0.15) is 0 Å². The van der Waals surface area contributed by atoms with Gasteiger partial charge in [0.15, 0.2) is 0 Å². The van der Waals surface area contributed by atoms with Crippen molar-refractivity contribution in [2.75, 3.05) is 0 Å². The number of carbonyl (C=O) groups excluding carboxylic acids is 3. The zero-order valence-corrected chi connectivity index (χ0v) is 35.5. The molecule has 8 rings (SSSR count). The lowest BCUT2D eigenvalue weighted by molar-refractivity contribution is -0.191. The highest BCUT2D eigenvalue weighted by atomic mass is 16.2. The molecule has 5 N–H and O–H groups in total. The average molecular weight is 817 g/mol. The van der Waals surface area contributed by atoms with Gasteiger partial charge in [-0.15, -0.1) is 0 Å². The molecule has 0 unspecified atom stereocenters. The summed E-state index contributed by atoms with van der Waals surface area (Å²) in [6, 6.07) is 43.4. The van der Waals surface area contributed by atoms with Crippen LogP contribution in [0.1, 0.15) is 66.5 Å². The predicted octanol–water partition coefficient (Wildman–Crippen LogP) is 8.10. The first-order chi connectivity index (χ1) is 29.4. The lowest BCUT2D eigenvalue weighted by Crippen LogP contribution is -2.28. The number of nitrogens with one attached hydrogen (secondary N) is 3. The zero-order valence-electron chi connectivity index (χ0n) is 35.5. The number of carbonyl (C=O) groups is 1. The monoisotopic (exact) mass is 816 g/mol. The summed E-state index contributed by atoms with van der Waals surface area (Å²) in [6.07, 6.45) is 0.250. The minimum atomic E-state index is -0.171. The second-order valence-corrected chi connectivity index (χ2v) is 14.8. The molecule has 11 nitrogen and oxygen atoms in total. The van der Waals surface area contributed by atoms with Crippen LogP contribution in [0.5, 0.6) is 0 Å². The number of nitrogens with two attached hydrogens (primary N) is 1. The van der Waals surface area contributed by atoms with Gasteiger partial charge in [-0.1, -0.05) is 97.1 Å². The van der Waals surface area contributed by atoms with Crippen LogP contribution in [0.15, 0.2) is 137 Å². The van der Waals surface area contributed by atoms with Gasteiger partial charge in [0, 0.05) is 76.5 Å². The minimum absolute atomic E-state index is 0.0648. The zero-order chi connectivity index (χ0) is 44.1. The van der Waals surface area contributed by atoms with Crippen molar-refractivity contribution in [2.24, 2.45) is 5.73 Å². The van der Waals surface area contributed by atoms with E-state index in [1.54, 1.807) is 0 Å². The minimum Gasteiger partial charge on any atom is -0.348 e. The van der Waals surface area contributed by atoms with Gasteiger partial charge < -0.3 is 30.2 Å². The first kappa shape index (κ1) is 44.8. The number of hydrogen-bond acceptors (Lipinski definition) is 6. The number of fused-ring (bicyclic) bond motifs is 2. The van der Waals surface area contributed by atoms with Crippen molar-refractivity contribution in [3.63, 3.8) is 0 Å². The molecule has 0 radical (unpaired) electrons. The van der Waals surface area contributed by atoms with Crippen LogP contribution in [-0.4, -0.2) is 31.2 Å². The van der Waals surface area contributed by atoms with Crippen LogP contribution in [0.4, 0.5) is 0 Å². The second kappa shape index (κ2) is 21.1. The van der Waals surface area contributed by atoms with E-state index < -0.39 is 0 Å². The second-order valence-electron chi connectivity index (χ2n) is 14.8. The third-order valence-corrected chi connectivity index (χ3v) is 10.5. The summed E-state index contributed by atoms with van der Waals surface area (Å²) in [4.78, 5) is 58.4. The van der Waals surface area contributed by atoms with E-state index in [1.165, 1.54) is 27.7 Å². The Morgan fingerprint density at radius 3 is 1.64 bits per heavy atom. The van der Waals surface area contributed by atoms with Crippen molar-refractivity contribution in [1.29, 1.82) is 0 Å². The van der Waals surface area contributed by atoms with Gasteiger partial charge in [-0.2, -0.15) is 9.59 Å². The molecule has 0 fully saturated rings. The summed E-state index contributed by atoms with van der Waals surface area (Å²) in [5, 5.41) is 5.19. The van der Waals surface area contributed by atoms with Crippen molar-refractivity contribution in [3.8, 4) is 0 Å². The van der Waals surface area contributed by atoms with E-state index >= 15 is 0 Å². The quantitative estimate of drug-likeness (QED) is 0.121. The number of nitrogens with zero attached hydrogens (tertiary/aromatic N) is 2. The van der Waals surface area contributed by atoms with Crippen molar-refractivity contribution < 1.29 is 14.4 Å². The van der Waals surface area contributed by atoms with Crippen LogP contribution in [0.25, 0.3) is 21.8 Å². The number of benzene rings is 4. The molecule has 0 atom stereocenters. The lowest BCUT2D eigenvalue weighted by Gasteiger charge is -2.10. The SMILES string of the molecule is Cc1cc(C)c(CN)c(=O)[nH]1.Cc1cc(C)c(CNC(=O)c2c(C)n(Cc3ccccc3)c3ccccc23)c(=O)[nH]1.Cc1cc2ccccc2n1Cc1ccccc1.O=C=O. The molecule has 0 bridgehead atoms. The van der Waals surface area contributed by atoms with E-state index in [0.29, 0.717) is 29.8 Å². The Hall–Kier alpha value is -7.33. The Morgan fingerprint density at radius 2 is 1.10 bits per heavy atom. The molecule has 0 aliphatic carbocycles. The van der Waals surface area contributed by atoms with Crippen LogP contribution in [0, 0.1) is 41.5 Å². The molecular formula is C50H52N6O5. The molecule has 1 amide bonds. The van der Waals surface area contributed by atoms with Gasteiger partial charge in [0.2, 0.25) is 0 Å². The molecule has 61 heavy (non-hydrogen) atoms. The number of H-pyrrole nitrogens is 2. The van der Waals surface area contributed by atoms with Crippen LogP contribution >= 0.6 is 0 Å². The molecule has 4 heterocycles. The lowest BCUT2D eigenvalue weighted by atomic mass is 10.1. The number of pyridine rings is 2. The predicted molar refractivity (Wildman–Crippen MR) is 242 cm³/mol. The number of hydrogen-bond donors (Lipinski definition) is 4. The Labute approximate surface area is 354 Å². The van der Waals surface area contributed by atoms with E-state index in [-0.39, 0.29) is 29.7 Å². The summed E-state index contributed by atoms with van der Waals surface area (Å²) < 4.78 is 4.54. The molecule has 11 heteroatoms. The smallest absolute Gasteiger partial charge is 0.348 e. The third kappa shape index (κ3) is 11.2. The highest BCUT2D eigenvalue weighted by Gasteiger charge is 2.20. The average Bonchev–Trinajstić information content (AvgIpc) is 3.70. The van der Waals surface area contributed by atoms with E-state index in [1.807, 2.05) is 89.2 Å². The fourth-order valence-corrected chi connectivity index (χ4v) is 7.51. The van der Waals surface area contributed by atoms with Gasteiger partial charge in [0.25, 0.3) is 17.0 Å². The standard InChI is InChI=1S/C25H25N3O2.C16H15N.C8H12N2O.CO2/c1-16-13-17(2)27-24(29)21(16)14-26-25(30)23-18(3)28(15-19-9-5-4-6-10-19)22-12-8-7-11-20(22)23;1-13-11-15-9-5-6-10-16(15)17(13)12-14-7-3-2-4-8-14;1-5-3-6(2)10-8(11)7(5)4-9;2-1-3/h4-13H,14-15H2,1-3H3,(H,26,30)(H,27,29);2-11H,12H2,1H3;3H,4,9H2,1-2H3,(H,10,11);. The molecule has 0 spiro atoms. The molecule has 312 valence electrons. The van der Waals surface area contributed by atoms with Gasteiger partial charge >= 0.3 is 6.15 Å². The maximum atomic E-state index is 13.2. The van der Waals surface area contributed by atoms with E-state index in [2.05, 4.69) is 104 Å². The number of rotatable bonds is 8. The maximum absolute atomic E-state index is 13.2. The van der Waals surface area contributed by atoms with Crippen LogP contribution in [0.3, 0.4) is 0 Å². The first-order valence-electron chi connectivity index (χ1n) is 19.9. The normalized spacial score (nSPS) is 10.4. The summed E-state index contributed by atoms with van der Waals surface area (Å²) in [6.45, 7) is 13.8. The molecule has 0 saturated heterocycles. The van der Waals surface area contributed by atoms with E-state index in [9.17, 15) is 14.4 Å². The third-order valence-electron chi connectivity index (χ3n) is 10.5.